The maximum absolute atomic E-state index is 12.4. The Kier molecular flexibility index (Phi) is 5.40. The number of benzene rings is 1. The van der Waals surface area contributed by atoms with E-state index in [0.29, 0.717) is 30.5 Å². The molecule has 2 aromatic rings. The first-order valence-corrected chi connectivity index (χ1v) is 8.38. The van der Waals surface area contributed by atoms with Crippen LogP contribution in [0, 0.1) is 0 Å². The molecule has 2 amide bonds. The average molecular weight is 363 g/mol. The lowest BCUT2D eigenvalue weighted by atomic mass is 10.2. The van der Waals surface area contributed by atoms with Gasteiger partial charge >= 0.3 is 0 Å². The van der Waals surface area contributed by atoms with Crippen LogP contribution in [-0.2, 0) is 9.53 Å². The van der Waals surface area contributed by atoms with Crippen LogP contribution in [0.3, 0.4) is 0 Å². The molecule has 25 heavy (non-hydrogen) atoms. The predicted molar refractivity (Wildman–Crippen MR) is 93.5 cm³/mol. The summed E-state index contributed by atoms with van der Waals surface area (Å²) in [4.78, 5) is 26.0. The van der Waals surface area contributed by atoms with E-state index in [-0.39, 0.29) is 30.0 Å². The van der Waals surface area contributed by atoms with Crippen molar-refractivity contribution in [1.29, 1.82) is 0 Å². The summed E-state index contributed by atoms with van der Waals surface area (Å²) in [5.74, 6) is 0.390. The van der Waals surface area contributed by atoms with Crippen LogP contribution in [-0.4, -0.2) is 49.6 Å². The largest absolute Gasteiger partial charge is 0.451 e. The number of rotatable bonds is 6. The SMILES string of the molecule is COCCN1C[C@@H](NC(=O)c2ccc(-c3ccccc3Cl)o2)CC1=O. The second-order valence-electron chi connectivity index (χ2n) is 5.85. The Hall–Kier alpha value is -2.31. The van der Waals surface area contributed by atoms with Gasteiger partial charge < -0.3 is 19.4 Å². The number of furan rings is 1. The van der Waals surface area contributed by atoms with Gasteiger partial charge in [0.1, 0.15) is 5.76 Å². The molecular weight excluding hydrogens is 344 g/mol. The lowest BCUT2D eigenvalue weighted by Crippen LogP contribution is -2.37. The van der Waals surface area contributed by atoms with Gasteiger partial charge in [-0.25, -0.2) is 0 Å². The molecule has 6 nitrogen and oxygen atoms in total. The molecule has 7 heteroatoms. The zero-order valence-corrected chi connectivity index (χ0v) is 14.6. The summed E-state index contributed by atoms with van der Waals surface area (Å²) < 4.78 is 10.6. The van der Waals surface area contributed by atoms with E-state index in [9.17, 15) is 9.59 Å². The Morgan fingerprint density at radius 3 is 2.92 bits per heavy atom. The third-order valence-electron chi connectivity index (χ3n) is 4.08. The molecule has 0 bridgehead atoms. The van der Waals surface area contributed by atoms with Gasteiger partial charge in [-0.05, 0) is 24.3 Å². The number of likely N-dealkylation sites (tertiary alicyclic amines) is 1. The molecule has 1 aromatic carbocycles. The van der Waals surface area contributed by atoms with Crippen molar-refractivity contribution >= 4 is 23.4 Å². The van der Waals surface area contributed by atoms with Crippen molar-refractivity contribution < 1.29 is 18.7 Å². The average Bonchev–Trinajstić information content (AvgIpc) is 3.20. The highest BCUT2D eigenvalue weighted by Gasteiger charge is 2.31. The highest BCUT2D eigenvalue weighted by molar-refractivity contribution is 6.33. The van der Waals surface area contributed by atoms with Crippen LogP contribution in [0.1, 0.15) is 17.0 Å². The standard InChI is InChI=1S/C18H19ClN2O4/c1-24-9-8-21-11-12(10-17(21)22)20-18(23)16-7-6-15(25-16)13-4-2-3-5-14(13)19/h2-7,12H,8-11H2,1H3,(H,20,23)/t12-/m0/s1. The van der Waals surface area contributed by atoms with Gasteiger partial charge in [0.25, 0.3) is 5.91 Å². The van der Waals surface area contributed by atoms with E-state index in [0.717, 1.165) is 5.56 Å². The highest BCUT2D eigenvalue weighted by atomic mass is 35.5. The number of amides is 2. The molecule has 0 spiro atoms. The number of ether oxygens (including phenoxy) is 1. The zero-order valence-electron chi connectivity index (χ0n) is 13.8. The van der Waals surface area contributed by atoms with Crippen molar-refractivity contribution in [3.8, 4) is 11.3 Å². The lowest BCUT2D eigenvalue weighted by molar-refractivity contribution is -0.128. The molecule has 1 atom stereocenters. The normalized spacial score (nSPS) is 17.1. The van der Waals surface area contributed by atoms with E-state index in [1.54, 1.807) is 30.2 Å². The van der Waals surface area contributed by atoms with Gasteiger partial charge in [-0.3, -0.25) is 9.59 Å². The van der Waals surface area contributed by atoms with E-state index >= 15 is 0 Å². The predicted octanol–water partition coefficient (Wildman–Crippen LogP) is 2.58. The smallest absolute Gasteiger partial charge is 0.287 e. The molecular formula is C18H19ClN2O4. The summed E-state index contributed by atoms with van der Waals surface area (Å²) in [5.41, 5.74) is 0.727. The lowest BCUT2D eigenvalue weighted by Gasteiger charge is -2.16. The molecule has 2 heterocycles. The van der Waals surface area contributed by atoms with Crippen molar-refractivity contribution in [2.24, 2.45) is 0 Å². The first kappa shape index (κ1) is 17.5. The van der Waals surface area contributed by atoms with E-state index in [1.165, 1.54) is 0 Å². The van der Waals surface area contributed by atoms with Crippen LogP contribution in [0.25, 0.3) is 11.3 Å². The number of methoxy groups -OCH3 is 1. The fraction of sp³-hybridized carbons (Fsp3) is 0.333. The first-order valence-electron chi connectivity index (χ1n) is 8.01. The third kappa shape index (κ3) is 4.03. The molecule has 3 rings (SSSR count). The van der Waals surface area contributed by atoms with E-state index < -0.39 is 0 Å². The molecule has 1 fully saturated rings. The molecule has 1 aliphatic rings. The zero-order chi connectivity index (χ0) is 17.8. The van der Waals surface area contributed by atoms with Crippen molar-refractivity contribution in [3.63, 3.8) is 0 Å². The topological polar surface area (TPSA) is 71.8 Å². The molecule has 0 unspecified atom stereocenters. The molecule has 0 aliphatic carbocycles. The molecule has 1 saturated heterocycles. The molecule has 1 aliphatic heterocycles. The van der Waals surface area contributed by atoms with Crippen LogP contribution in [0.5, 0.6) is 0 Å². The van der Waals surface area contributed by atoms with Crippen LogP contribution in [0.15, 0.2) is 40.8 Å². The Morgan fingerprint density at radius 1 is 1.36 bits per heavy atom. The first-order chi connectivity index (χ1) is 12.1. The van der Waals surface area contributed by atoms with Gasteiger partial charge in [-0.15, -0.1) is 0 Å². The number of carbonyl (C=O) groups excluding carboxylic acids is 2. The summed E-state index contributed by atoms with van der Waals surface area (Å²) >= 11 is 6.15. The van der Waals surface area contributed by atoms with Gasteiger partial charge in [0.05, 0.1) is 17.7 Å². The summed E-state index contributed by atoms with van der Waals surface area (Å²) in [6.07, 6.45) is 0.285. The van der Waals surface area contributed by atoms with Gasteiger partial charge in [-0.2, -0.15) is 0 Å². The molecule has 1 N–H and O–H groups in total. The van der Waals surface area contributed by atoms with Gasteiger partial charge in [0.2, 0.25) is 5.91 Å². The summed E-state index contributed by atoms with van der Waals surface area (Å²) in [7, 11) is 1.59. The quantitative estimate of drug-likeness (QED) is 0.857. The summed E-state index contributed by atoms with van der Waals surface area (Å²) in [5, 5.41) is 3.40. The Labute approximate surface area is 150 Å². The molecule has 0 radical (unpaired) electrons. The van der Waals surface area contributed by atoms with Crippen LogP contribution >= 0.6 is 11.6 Å². The molecule has 1 aromatic heterocycles. The Balaban J connectivity index is 1.63. The van der Waals surface area contributed by atoms with E-state index in [4.69, 9.17) is 20.8 Å². The number of halogens is 1. The fourth-order valence-corrected chi connectivity index (χ4v) is 3.04. The highest BCUT2D eigenvalue weighted by Crippen LogP contribution is 2.29. The number of nitrogens with one attached hydrogen (secondary N) is 1. The minimum absolute atomic E-state index is 0.0125. The Morgan fingerprint density at radius 2 is 2.16 bits per heavy atom. The maximum atomic E-state index is 12.4. The fourth-order valence-electron chi connectivity index (χ4n) is 2.81. The van der Waals surface area contributed by atoms with Gasteiger partial charge in [0.15, 0.2) is 5.76 Å². The summed E-state index contributed by atoms with van der Waals surface area (Å²) in [6.45, 7) is 1.48. The molecule has 0 saturated carbocycles. The van der Waals surface area contributed by atoms with Crippen LogP contribution in [0.4, 0.5) is 0 Å². The second-order valence-corrected chi connectivity index (χ2v) is 6.26. The van der Waals surface area contributed by atoms with Gasteiger partial charge in [0, 0.05) is 32.2 Å². The van der Waals surface area contributed by atoms with Crippen molar-refractivity contribution in [1.82, 2.24) is 10.2 Å². The van der Waals surface area contributed by atoms with Crippen molar-refractivity contribution in [3.05, 3.63) is 47.2 Å². The van der Waals surface area contributed by atoms with Gasteiger partial charge in [-0.1, -0.05) is 23.7 Å². The van der Waals surface area contributed by atoms with Crippen LogP contribution in [0.2, 0.25) is 5.02 Å². The number of hydrogen-bond donors (Lipinski definition) is 1. The third-order valence-corrected chi connectivity index (χ3v) is 4.41. The summed E-state index contributed by atoms with van der Waals surface area (Å²) in [6, 6.07) is 10.3. The minimum atomic E-state index is -0.343. The monoisotopic (exact) mass is 362 g/mol. The number of carbonyl (C=O) groups is 2. The minimum Gasteiger partial charge on any atom is -0.451 e. The molecule has 132 valence electrons. The second kappa shape index (κ2) is 7.72. The van der Waals surface area contributed by atoms with Crippen molar-refractivity contribution in [2.75, 3.05) is 26.8 Å². The Bertz CT molecular complexity index is 774. The van der Waals surface area contributed by atoms with Crippen molar-refractivity contribution in [2.45, 2.75) is 12.5 Å². The van der Waals surface area contributed by atoms with E-state index in [2.05, 4.69) is 5.32 Å². The number of nitrogens with zero attached hydrogens (tertiary/aromatic N) is 1. The number of hydrogen-bond acceptors (Lipinski definition) is 4. The maximum Gasteiger partial charge on any atom is 0.287 e. The van der Waals surface area contributed by atoms with E-state index in [1.807, 2.05) is 18.2 Å². The van der Waals surface area contributed by atoms with Crippen LogP contribution < -0.4 is 5.32 Å².